The Labute approximate surface area is 180 Å². The van der Waals surface area contributed by atoms with Gasteiger partial charge in [-0.1, -0.05) is 91.0 Å². The Hall–Kier alpha value is -2.75. The molecule has 0 saturated carbocycles. The van der Waals surface area contributed by atoms with E-state index in [2.05, 4.69) is 0 Å². The van der Waals surface area contributed by atoms with Crippen LogP contribution in [0.1, 0.15) is 49.2 Å². The minimum absolute atomic E-state index is 0.242. The molecule has 30 heavy (non-hydrogen) atoms. The van der Waals surface area contributed by atoms with Crippen molar-refractivity contribution in [2.24, 2.45) is 0 Å². The Morgan fingerprint density at radius 1 is 0.767 bits per heavy atom. The third-order valence-electron chi connectivity index (χ3n) is 4.51. The van der Waals surface area contributed by atoms with Crippen LogP contribution in [0.3, 0.4) is 0 Å². The first-order valence-corrected chi connectivity index (χ1v) is 10.4. The maximum Gasteiger partial charge on any atom is 0.199 e. The molecule has 3 rings (SSSR count). The van der Waals surface area contributed by atoms with Crippen molar-refractivity contribution < 1.29 is 14.6 Å². The molecule has 158 valence electrons. The lowest BCUT2D eigenvalue weighted by Crippen LogP contribution is -2.38. The van der Waals surface area contributed by atoms with E-state index in [1.54, 1.807) is 36.4 Å². The molecule has 0 aliphatic carbocycles. The van der Waals surface area contributed by atoms with Crippen LogP contribution in [0.15, 0.2) is 91.0 Å². The molecule has 0 aliphatic heterocycles. The van der Waals surface area contributed by atoms with E-state index in [4.69, 9.17) is 4.74 Å². The Balaban J connectivity index is 0.000000396. The zero-order valence-corrected chi connectivity index (χ0v) is 18.3. The smallest absolute Gasteiger partial charge is 0.199 e. The Morgan fingerprint density at radius 2 is 1.20 bits per heavy atom. The molecule has 0 heterocycles. The van der Waals surface area contributed by atoms with Crippen LogP contribution in [0.2, 0.25) is 0 Å². The van der Waals surface area contributed by atoms with E-state index in [1.807, 2.05) is 82.3 Å². The van der Waals surface area contributed by atoms with Gasteiger partial charge in [0.2, 0.25) is 0 Å². The predicted octanol–water partition coefficient (Wildman–Crippen LogP) is 5.82. The minimum atomic E-state index is -1.58. The number of aliphatic hydroxyl groups is 1. The molecule has 0 aromatic heterocycles. The highest BCUT2D eigenvalue weighted by Gasteiger charge is 2.38. The van der Waals surface area contributed by atoms with Gasteiger partial charge in [0.15, 0.2) is 11.4 Å². The molecule has 3 aromatic carbocycles. The molecule has 3 aromatic rings. The largest absolute Gasteiger partial charge is 0.377 e. The number of benzene rings is 3. The maximum atomic E-state index is 13.0. The lowest BCUT2D eigenvalue weighted by molar-refractivity contribution is 0.0298. The fourth-order valence-corrected chi connectivity index (χ4v) is 3.29. The van der Waals surface area contributed by atoms with Gasteiger partial charge in [-0.15, -0.1) is 0 Å². The van der Waals surface area contributed by atoms with E-state index in [0.717, 1.165) is 5.56 Å². The summed E-state index contributed by atoms with van der Waals surface area (Å²) in [5, 5.41) is 11.3. The molecule has 0 saturated heterocycles. The molecule has 0 fully saturated rings. The summed E-state index contributed by atoms with van der Waals surface area (Å²) in [6, 6.07) is 27.7. The molecule has 0 aliphatic rings. The van der Waals surface area contributed by atoms with Gasteiger partial charge in [-0.3, -0.25) is 4.79 Å². The molecule has 1 unspecified atom stereocenters. The van der Waals surface area contributed by atoms with E-state index >= 15 is 0 Å². The standard InChI is InChI=1S/C21H18O2.C6H14O/c22-20(18-12-6-2-7-13-18)21(23,19-14-8-3-9-15-19)16-17-10-4-1-5-11-17;1-5(2)7-6(3)4/h1-15,23H,16H2;5-6H,1-4H3. The Kier molecular flexibility index (Phi) is 8.97. The van der Waals surface area contributed by atoms with Crippen molar-refractivity contribution in [3.63, 3.8) is 0 Å². The van der Waals surface area contributed by atoms with Crippen LogP contribution in [0.4, 0.5) is 0 Å². The molecular weight excluding hydrogens is 372 g/mol. The summed E-state index contributed by atoms with van der Waals surface area (Å²) in [5.41, 5.74) is 0.458. The van der Waals surface area contributed by atoms with Crippen LogP contribution >= 0.6 is 0 Å². The summed E-state index contributed by atoms with van der Waals surface area (Å²) in [4.78, 5) is 13.0. The molecule has 0 bridgehead atoms. The van der Waals surface area contributed by atoms with Gasteiger partial charge in [-0.2, -0.15) is 0 Å². The van der Waals surface area contributed by atoms with Crippen LogP contribution in [0.5, 0.6) is 0 Å². The quantitative estimate of drug-likeness (QED) is 0.505. The van der Waals surface area contributed by atoms with E-state index in [0.29, 0.717) is 23.3 Å². The number of carbonyl (C=O) groups is 1. The van der Waals surface area contributed by atoms with E-state index in [-0.39, 0.29) is 12.2 Å². The van der Waals surface area contributed by atoms with Crippen LogP contribution < -0.4 is 0 Å². The van der Waals surface area contributed by atoms with Gasteiger partial charge in [-0.25, -0.2) is 0 Å². The maximum absolute atomic E-state index is 13.0. The van der Waals surface area contributed by atoms with Crippen LogP contribution in [0.25, 0.3) is 0 Å². The second-order valence-electron chi connectivity index (χ2n) is 7.82. The van der Waals surface area contributed by atoms with Crippen molar-refractivity contribution in [2.75, 3.05) is 0 Å². The summed E-state index contributed by atoms with van der Waals surface area (Å²) in [5.74, 6) is -0.284. The summed E-state index contributed by atoms with van der Waals surface area (Å²) in [7, 11) is 0. The van der Waals surface area contributed by atoms with Crippen molar-refractivity contribution in [3.8, 4) is 0 Å². The Morgan fingerprint density at radius 3 is 1.63 bits per heavy atom. The fraction of sp³-hybridized carbons (Fsp3) is 0.296. The van der Waals surface area contributed by atoms with Gasteiger partial charge in [0.1, 0.15) is 0 Å². The van der Waals surface area contributed by atoms with Gasteiger partial charge in [0, 0.05) is 12.0 Å². The van der Waals surface area contributed by atoms with Crippen molar-refractivity contribution >= 4 is 5.78 Å². The SMILES string of the molecule is CC(C)OC(C)C.O=C(c1ccccc1)C(O)(Cc1ccccc1)c1ccccc1. The average molecular weight is 405 g/mol. The molecule has 0 spiro atoms. The predicted molar refractivity (Wildman–Crippen MR) is 123 cm³/mol. The third kappa shape index (κ3) is 6.94. The molecule has 0 amide bonds. The first kappa shape index (κ1) is 23.5. The lowest BCUT2D eigenvalue weighted by atomic mass is 9.81. The third-order valence-corrected chi connectivity index (χ3v) is 4.51. The molecule has 1 atom stereocenters. The summed E-state index contributed by atoms with van der Waals surface area (Å²) < 4.78 is 5.25. The number of carbonyl (C=O) groups excluding carboxylic acids is 1. The highest BCUT2D eigenvalue weighted by molar-refractivity contribution is 6.03. The van der Waals surface area contributed by atoms with Crippen molar-refractivity contribution in [1.82, 2.24) is 0 Å². The number of Topliss-reactive ketones (excluding diaryl/α,β-unsaturated/α-hetero) is 1. The van der Waals surface area contributed by atoms with E-state index in [1.165, 1.54) is 0 Å². The van der Waals surface area contributed by atoms with Gasteiger partial charge in [0.25, 0.3) is 0 Å². The molecule has 0 radical (unpaired) electrons. The summed E-state index contributed by atoms with van der Waals surface area (Å²) in [6.45, 7) is 8.17. The number of rotatable bonds is 7. The zero-order valence-electron chi connectivity index (χ0n) is 18.3. The van der Waals surface area contributed by atoms with Crippen LogP contribution in [-0.4, -0.2) is 23.1 Å². The average Bonchev–Trinajstić information content (AvgIpc) is 2.74. The zero-order chi connectivity index (χ0) is 22.0. The number of ketones is 1. The normalized spacial score (nSPS) is 12.8. The van der Waals surface area contributed by atoms with Crippen LogP contribution in [0, 0.1) is 0 Å². The topological polar surface area (TPSA) is 46.5 Å². The number of hydrogen-bond acceptors (Lipinski definition) is 3. The first-order valence-electron chi connectivity index (χ1n) is 10.4. The van der Waals surface area contributed by atoms with E-state index < -0.39 is 5.60 Å². The van der Waals surface area contributed by atoms with Crippen molar-refractivity contribution in [3.05, 3.63) is 108 Å². The summed E-state index contributed by atoms with van der Waals surface area (Å²) >= 11 is 0. The van der Waals surface area contributed by atoms with Crippen molar-refractivity contribution in [1.29, 1.82) is 0 Å². The Bertz CT molecular complexity index is 868. The van der Waals surface area contributed by atoms with Gasteiger partial charge in [-0.05, 0) is 38.8 Å². The fourth-order valence-electron chi connectivity index (χ4n) is 3.29. The highest BCUT2D eigenvalue weighted by Crippen LogP contribution is 2.30. The monoisotopic (exact) mass is 404 g/mol. The minimum Gasteiger partial charge on any atom is -0.377 e. The van der Waals surface area contributed by atoms with Crippen LogP contribution in [-0.2, 0) is 16.8 Å². The van der Waals surface area contributed by atoms with Crippen molar-refractivity contribution in [2.45, 2.75) is 51.9 Å². The first-order chi connectivity index (χ1) is 14.3. The second kappa shape index (κ2) is 11.4. The molecular formula is C27H32O3. The summed E-state index contributed by atoms with van der Waals surface area (Å²) in [6.07, 6.45) is 0.992. The number of ether oxygens (including phenoxy) is 1. The second-order valence-corrected chi connectivity index (χ2v) is 7.82. The number of hydrogen-bond donors (Lipinski definition) is 1. The van der Waals surface area contributed by atoms with Gasteiger partial charge in [0.05, 0.1) is 12.2 Å². The highest BCUT2D eigenvalue weighted by atomic mass is 16.5. The molecule has 1 N–H and O–H groups in total. The van der Waals surface area contributed by atoms with E-state index in [9.17, 15) is 9.90 Å². The van der Waals surface area contributed by atoms with Gasteiger partial charge < -0.3 is 9.84 Å². The molecule has 3 nitrogen and oxygen atoms in total. The lowest BCUT2D eigenvalue weighted by Gasteiger charge is -2.27. The molecule has 3 heteroatoms. The van der Waals surface area contributed by atoms with Gasteiger partial charge >= 0.3 is 0 Å².